The maximum atomic E-state index is 15.0. The van der Waals surface area contributed by atoms with Gasteiger partial charge in [0.05, 0.1) is 17.6 Å². The summed E-state index contributed by atoms with van der Waals surface area (Å²) in [6.07, 6.45) is 1.52. The van der Waals surface area contributed by atoms with E-state index in [0.29, 0.717) is 37.4 Å². The van der Waals surface area contributed by atoms with Gasteiger partial charge in [0.25, 0.3) is 10.2 Å². The summed E-state index contributed by atoms with van der Waals surface area (Å²) in [6, 6.07) is 7.48. The molecule has 1 saturated heterocycles. The van der Waals surface area contributed by atoms with Crippen LogP contribution in [0.1, 0.15) is 18.2 Å². The quantitative estimate of drug-likeness (QED) is 0.625. The molecule has 0 saturated carbocycles. The van der Waals surface area contributed by atoms with E-state index in [1.54, 1.807) is 24.3 Å². The lowest BCUT2D eigenvalue weighted by Crippen LogP contribution is -2.55. The van der Waals surface area contributed by atoms with Crippen LogP contribution >= 0.6 is 0 Å². The number of anilines is 2. The van der Waals surface area contributed by atoms with Crippen molar-refractivity contribution >= 4 is 27.6 Å². The van der Waals surface area contributed by atoms with Crippen LogP contribution in [0.2, 0.25) is 0 Å². The van der Waals surface area contributed by atoms with Crippen LogP contribution in [0.25, 0.3) is 0 Å². The van der Waals surface area contributed by atoms with Gasteiger partial charge in [-0.2, -0.15) is 12.7 Å². The molecule has 0 unspecified atom stereocenters. The summed E-state index contributed by atoms with van der Waals surface area (Å²) in [4.78, 5) is 18.3. The van der Waals surface area contributed by atoms with Gasteiger partial charge >= 0.3 is 6.03 Å². The van der Waals surface area contributed by atoms with Crippen molar-refractivity contribution in [3.63, 3.8) is 0 Å². The van der Waals surface area contributed by atoms with Gasteiger partial charge in [0.2, 0.25) is 0 Å². The standard InChI is InChI=1S/C20H27FN6O3S/c1-14-7-8-17(11-23-14)24-20(28)25-18-6-4-5-16(19(18)21)13-26-9-10-27(15(2)12-26)31(29,30)22-3/h4-8,11,15,22H,9-10,12-13H2,1-3H3,(H2,24,25,28)/t15-/m1/s1. The summed E-state index contributed by atoms with van der Waals surface area (Å²) in [5.41, 5.74) is 1.82. The van der Waals surface area contributed by atoms with Crippen molar-refractivity contribution in [1.82, 2.24) is 18.9 Å². The van der Waals surface area contributed by atoms with Gasteiger partial charge in [0, 0.05) is 50.5 Å². The molecule has 31 heavy (non-hydrogen) atoms. The lowest BCUT2D eigenvalue weighted by atomic mass is 10.1. The number of pyridine rings is 1. The van der Waals surface area contributed by atoms with Crippen LogP contribution in [0.3, 0.4) is 0 Å². The Morgan fingerprint density at radius 3 is 2.65 bits per heavy atom. The Kier molecular flexibility index (Phi) is 7.21. The van der Waals surface area contributed by atoms with Gasteiger partial charge in [-0.25, -0.2) is 13.9 Å². The molecular formula is C20H27FN6O3S. The molecule has 3 N–H and O–H groups in total. The van der Waals surface area contributed by atoms with Gasteiger partial charge in [-0.1, -0.05) is 12.1 Å². The summed E-state index contributed by atoms with van der Waals surface area (Å²) >= 11 is 0. The minimum atomic E-state index is -3.50. The number of carbonyl (C=O) groups excluding carboxylic acids is 1. The monoisotopic (exact) mass is 450 g/mol. The first kappa shape index (κ1) is 23.1. The number of nitrogens with one attached hydrogen (secondary N) is 3. The van der Waals surface area contributed by atoms with Crippen molar-refractivity contribution in [3.8, 4) is 0 Å². The third-order valence-electron chi connectivity index (χ3n) is 5.11. The Balaban J connectivity index is 1.63. The van der Waals surface area contributed by atoms with Crippen molar-refractivity contribution in [2.24, 2.45) is 0 Å². The third kappa shape index (κ3) is 5.76. The summed E-state index contributed by atoms with van der Waals surface area (Å²) in [5, 5.41) is 5.15. The number of rotatable bonds is 6. The minimum absolute atomic E-state index is 0.0690. The van der Waals surface area contributed by atoms with Gasteiger partial charge in [0.15, 0.2) is 5.82 Å². The Hall–Kier alpha value is -2.60. The molecule has 3 rings (SSSR count). The molecule has 1 aromatic carbocycles. The van der Waals surface area contributed by atoms with Crippen molar-refractivity contribution < 1.29 is 17.6 Å². The van der Waals surface area contributed by atoms with E-state index in [1.165, 1.54) is 23.6 Å². The number of halogens is 1. The molecule has 2 amide bonds. The lowest BCUT2D eigenvalue weighted by Gasteiger charge is -2.38. The van der Waals surface area contributed by atoms with Crippen LogP contribution in [-0.4, -0.2) is 61.4 Å². The molecule has 0 radical (unpaired) electrons. The zero-order chi connectivity index (χ0) is 22.6. The lowest BCUT2D eigenvalue weighted by molar-refractivity contribution is 0.136. The average Bonchev–Trinajstić information content (AvgIpc) is 2.72. The second kappa shape index (κ2) is 9.69. The maximum Gasteiger partial charge on any atom is 0.323 e. The average molecular weight is 451 g/mol. The maximum absolute atomic E-state index is 15.0. The fourth-order valence-electron chi connectivity index (χ4n) is 3.50. The molecule has 0 bridgehead atoms. The van der Waals surface area contributed by atoms with E-state index >= 15 is 0 Å². The summed E-state index contributed by atoms with van der Waals surface area (Å²) in [7, 11) is -2.12. The van der Waals surface area contributed by atoms with E-state index in [4.69, 9.17) is 0 Å². The SMILES string of the molecule is CNS(=O)(=O)N1CCN(Cc2cccc(NC(=O)Nc3ccc(C)nc3)c2F)C[C@H]1C. The van der Waals surface area contributed by atoms with Crippen LogP contribution in [0, 0.1) is 12.7 Å². The smallest absolute Gasteiger partial charge is 0.306 e. The molecule has 168 valence electrons. The molecule has 1 fully saturated rings. The second-order valence-corrected chi connectivity index (χ2v) is 9.28. The number of benzene rings is 1. The van der Waals surface area contributed by atoms with Crippen molar-refractivity contribution in [3.05, 3.63) is 53.6 Å². The topological polar surface area (TPSA) is 107 Å². The fourth-order valence-corrected chi connectivity index (χ4v) is 4.60. The van der Waals surface area contributed by atoms with Crippen LogP contribution < -0.4 is 15.4 Å². The molecular weight excluding hydrogens is 423 g/mol. The molecule has 1 aromatic heterocycles. The Labute approximate surface area is 181 Å². The third-order valence-corrected chi connectivity index (χ3v) is 6.78. The number of amides is 2. The first-order chi connectivity index (χ1) is 14.7. The molecule has 1 atom stereocenters. The van der Waals surface area contributed by atoms with Crippen LogP contribution in [0.15, 0.2) is 36.5 Å². The zero-order valence-electron chi connectivity index (χ0n) is 17.7. The number of hydrogen-bond donors (Lipinski definition) is 3. The highest BCUT2D eigenvalue weighted by molar-refractivity contribution is 7.87. The first-order valence-electron chi connectivity index (χ1n) is 9.90. The number of urea groups is 1. The van der Waals surface area contributed by atoms with E-state index in [1.807, 2.05) is 18.7 Å². The Morgan fingerprint density at radius 1 is 1.23 bits per heavy atom. The van der Waals surface area contributed by atoms with E-state index < -0.39 is 22.1 Å². The van der Waals surface area contributed by atoms with Crippen LogP contribution in [-0.2, 0) is 16.8 Å². The molecule has 1 aliphatic heterocycles. The van der Waals surface area contributed by atoms with Gasteiger partial charge in [-0.05, 0) is 32.0 Å². The van der Waals surface area contributed by atoms with Gasteiger partial charge < -0.3 is 10.6 Å². The van der Waals surface area contributed by atoms with Crippen molar-refractivity contribution in [2.75, 3.05) is 37.3 Å². The molecule has 1 aliphatic rings. The van der Waals surface area contributed by atoms with Crippen molar-refractivity contribution in [2.45, 2.75) is 26.4 Å². The molecule has 0 spiro atoms. The first-order valence-corrected chi connectivity index (χ1v) is 11.3. The zero-order valence-corrected chi connectivity index (χ0v) is 18.5. The van der Waals surface area contributed by atoms with Gasteiger partial charge in [-0.15, -0.1) is 0 Å². The fraction of sp³-hybridized carbons (Fsp3) is 0.400. The normalized spacial score (nSPS) is 18.0. The van der Waals surface area contributed by atoms with Crippen molar-refractivity contribution in [1.29, 1.82) is 0 Å². The van der Waals surface area contributed by atoms with E-state index in [9.17, 15) is 17.6 Å². The molecule has 2 heterocycles. The van der Waals surface area contributed by atoms with E-state index in [0.717, 1.165) is 5.69 Å². The summed E-state index contributed by atoms with van der Waals surface area (Å²) in [5.74, 6) is -0.516. The van der Waals surface area contributed by atoms with Gasteiger partial charge in [-0.3, -0.25) is 9.88 Å². The summed E-state index contributed by atoms with van der Waals surface area (Å²) < 4.78 is 42.9. The Morgan fingerprint density at radius 2 is 2.00 bits per heavy atom. The molecule has 9 nitrogen and oxygen atoms in total. The molecule has 11 heteroatoms. The highest BCUT2D eigenvalue weighted by atomic mass is 32.2. The molecule has 2 aromatic rings. The predicted octanol–water partition coefficient (Wildman–Crippen LogP) is 2.14. The predicted molar refractivity (Wildman–Crippen MR) is 117 cm³/mol. The van der Waals surface area contributed by atoms with E-state index in [2.05, 4.69) is 20.3 Å². The highest BCUT2D eigenvalue weighted by Gasteiger charge is 2.31. The van der Waals surface area contributed by atoms with Crippen LogP contribution in [0.5, 0.6) is 0 Å². The number of hydrogen-bond acceptors (Lipinski definition) is 5. The van der Waals surface area contributed by atoms with Gasteiger partial charge in [0.1, 0.15) is 0 Å². The number of aromatic nitrogens is 1. The summed E-state index contributed by atoms with van der Waals surface area (Å²) in [6.45, 7) is 5.23. The highest BCUT2D eigenvalue weighted by Crippen LogP contribution is 2.22. The number of aryl methyl sites for hydroxylation is 1. The van der Waals surface area contributed by atoms with Crippen LogP contribution in [0.4, 0.5) is 20.6 Å². The largest absolute Gasteiger partial charge is 0.323 e. The Bertz CT molecular complexity index is 1030. The van der Waals surface area contributed by atoms with E-state index in [-0.39, 0.29) is 11.7 Å². The number of carbonyl (C=O) groups is 1. The minimum Gasteiger partial charge on any atom is -0.306 e. The molecule has 0 aliphatic carbocycles. The second-order valence-electron chi connectivity index (χ2n) is 7.45. The number of piperazine rings is 1. The number of nitrogens with zero attached hydrogens (tertiary/aromatic N) is 3.